The van der Waals surface area contributed by atoms with Crippen LogP contribution >= 0.6 is 11.3 Å². The number of nitrogens with zero attached hydrogens (tertiary/aromatic N) is 5. The van der Waals surface area contributed by atoms with Gasteiger partial charge >= 0.3 is 0 Å². The number of benzene rings is 1. The fourth-order valence-electron chi connectivity index (χ4n) is 4.49. The highest BCUT2D eigenvalue weighted by atomic mass is 32.1. The van der Waals surface area contributed by atoms with Crippen LogP contribution in [-0.2, 0) is 17.8 Å². The van der Waals surface area contributed by atoms with E-state index in [1.54, 1.807) is 27.8 Å². The van der Waals surface area contributed by atoms with Crippen LogP contribution < -0.4 is 15.4 Å². The standard InChI is InChI=1S/C29H39N7O5S/c1-17(2)28-31-19(4)25(42-28)29(40)35-12-9-22-16-36(34-33-22)11-6-14-41-23-15-21(8-7-18(23)3)26(38)32-24(20(5)37)27(39)30-10-13-35/h7-8,15-17,20,24,37H,6,9-14H2,1-5H3,(H,30,39)(H,32,38)/t20-,24+/m1/s1. The Labute approximate surface area is 249 Å². The Kier molecular flexibility index (Phi) is 10.3. The number of rotatable bonds is 3. The van der Waals surface area contributed by atoms with Crippen molar-refractivity contribution in [3.05, 3.63) is 56.8 Å². The average Bonchev–Trinajstić information content (AvgIpc) is 3.57. The number of thiazole rings is 1. The summed E-state index contributed by atoms with van der Waals surface area (Å²) in [6, 6.07) is 3.86. The van der Waals surface area contributed by atoms with E-state index in [1.807, 2.05) is 33.9 Å². The van der Waals surface area contributed by atoms with E-state index in [0.29, 0.717) is 54.4 Å². The maximum absolute atomic E-state index is 13.7. The Morgan fingerprint density at radius 1 is 1.17 bits per heavy atom. The predicted molar refractivity (Wildman–Crippen MR) is 158 cm³/mol. The Morgan fingerprint density at radius 3 is 2.67 bits per heavy atom. The number of aryl methyl sites for hydroxylation is 3. The molecule has 0 aliphatic carbocycles. The van der Waals surface area contributed by atoms with Gasteiger partial charge in [0.25, 0.3) is 11.8 Å². The summed E-state index contributed by atoms with van der Waals surface area (Å²) in [5, 5.41) is 25.1. The Balaban J connectivity index is 1.57. The van der Waals surface area contributed by atoms with Gasteiger partial charge in [0.2, 0.25) is 5.91 Å². The van der Waals surface area contributed by atoms with Gasteiger partial charge in [-0.2, -0.15) is 0 Å². The summed E-state index contributed by atoms with van der Waals surface area (Å²) in [5.74, 6) is -0.473. The minimum absolute atomic E-state index is 0.119. The fourth-order valence-corrected chi connectivity index (χ4v) is 5.53. The molecule has 0 saturated heterocycles. The second kappa shape index (κ2) is 13.9. The summed E-state index contributed by atoms with van der Waals surface area (Å²) in [6.45, 7) is 10.9. The van der Waals surface area contributed by atoms with E-state index < -0.39 is 24.0 Å². The maximum Gasteiger partial charge on any atom is 0.265 e. The van der Waals surface area contributed by atoms with Crippen molar-refractivity contribution in [2.75, 3.05) is 26.2 Å². The van der Waals surface area contributed by atoms with Crippen molar-refractivity contribution in [2.45, 2.75) is 72.1 Å². The largest absolute Gasteiger partial charge is 0.493 e. The van der Waals surface area contributed by atoms with Crippen molar-refractivity contribution in [1.82, 2.24) is 35.5 Å². The van der Waals surface area contributed by atoms with E-state index >= 15 is 0 Å². The number of carbonyl (C=O) groups is 3. The van der Waals surface area contributed by atoms with Gasteiger partial charge in [0.15, 0.2) is 0 Å². The lowest BCUT2D eigenvalue weighted by atomic mass is 10.1. The van der Waals surface area contributed by atoms with Crippen LogP contribution in [0.2, 0.25) is 0 Å². The number of aromatic nitrogens is 4. The minimum Gasteiger partial charge on any atom is -0.493 e. The molecule has 2 atom stereocenters. The lowest BCUT2D eigenvalue weighted by Gasteiger charge is -2.24. The fraction of sp³-hybridized carbons (Fsp3) is 0.517. The van der Waals surface area contributed by atoms with E-state index in [-0.39, 0.29) is 24.9 Å². The van der Waals surface area contributed by atoms with E-state index in [4.69, 9.17) is 4.74 Å². The Hall–Kier alpha value is -3.84. The number of carbonyl (C=O) groups excluding carboxylic acids is 3. The summed E-state index contributed by atoms with van der Waals surface area (Å²) < 4.78 is 7.69. The Morgan fingerprint density at radius 2 is 1.95 bits per heavy atom. The van der Waals surface area contributed by atoms with Crippen LogP contribution in [0.1, 0.15) is 75.1 Å². The average molecular weight is 598 g/mol. The van der Waals surface area contributed by atoms with Crippen molar-refractivity contribution in [1.29, 1.82) is 0 Å². The van der Waals surface area contributed by atoms with Crippen LogP contribution in [0.4, 0.5) is 0 Å². The van der Waals surface area contributed by atoms with Gasteiger partial charge in [0, 0.05) is 56.7 Å². The molecule has 3 N–H and O–H groups in total. The van der Waals surface area contributed by atoms with Crippen LogP contribution in [0.3, 0.4) is 0 Å². The molecule has 4 rings (SSSR count). The van der Waals surface area contributed by atoms with Gasteiger partial charge in [-0.3, -0.25) is 19.1 Å². The van der Waals surface area contributed by atoms with Crippen LogP contribution in [0.5, 0.6) is 5.75 Å². The van der Waals surface area contributed by atoms with E-state index in [9.17, 15) is 19.5 Å². The third-order valence-electron chi connectivity index (χ3n) is 6.98. The van der Waals surface area contributed by atoms with Gasteiger partial charge < -0.3 is 25.4 Å². The Bertz CT molecular complexity index is 1420. The summed E-state index contributed by atoms with van der Waals surface area (Å²) in [7, 11) is 0. The first kappa shape index (κ1) is 31.1. The lowest BCUT2D eigenvalue weighted by molar-refractivity contribution is -0.125. The maximum atomic E-state index is 13.7. The third-order valence-corrected chi connectivity index (χ3v) is 8.43. The van der Waals surface area contributed by atoms with Crippen molar-refractivity contribution < 1.29 is 24.2 Å². The van der Waals surface area contributed by atoms with Crippen molar-refractivity contribution in [2.24, 2.45) is 0 Å². The number of nitrogens with one attached hydrogen (secondary N) is 2. The molecule has 226 valence electrons. The molecule has 3 heterocycles. The van der Waals surface area contributed by atoms with Crippen LogP contribution in [0.25, 0.3) is 0 Å². The SMILES string of the molecule is Cc1ccc2cc1OCCCn1cc(nn1)CCN(C(=O)c1sc(C(C)C)nc1C)CCNC(=O)[C@H]([C@@H](C)O)NC2=O. The molecule has 1 aromatic carbocycles. The molecule has 3 amide bonds. The molecular weight excluding hydrogens is 558 g/mol. The first-order valence-corrected chi connectivity index (χ1v) is 15.0. The summed E-state index contributed by atoms with van der Waals surface area (Å²) in [4.78, 5) is 46.6. The molecule has 0 saturated carbocycles. The summed E-state index contributed by atoms with van der Waals surface area (Å²) in [6.07, 6.45) is 1.85. The molecule has 42 heavy (non-hydrogen) atoms. The number of amides is 3. The molecular formula is C29H39N7O5S. The zero-order valence-electron chi connectivity index (χ0n) is 24.7. The highest BCUT2D eigenvalue weighted by Crippen LogP contribution is 2.26. The highest BCUT2D eigenvalue weighted by molar-refractivity contribution is 7.13. The molecule has 1 aliphatic heterocycles. The van der Waals surface area contributed by atoms with Crippen LogP contribution in [0.15, 0.2) is 24.4 Å². The predicted octanol–water partition coefficient (Wildman–Crippen LogP) is 2.24. The first-order valence-electron chi connectivity index (χ1n) is 14.2. The molecule has 0 unspecified atom stereocenters. The van der Waals surface area contributed by atoms with E-state index in [1.165, 1.54) is 18.3 Å². The zero-order valence-corrected chi connectivity index (χ0v) is 25.5. The van der Waals surface area contributed by atoms with Gasteiger partial charge in [-0.1, -0.05) is 25.1 Å². The third kappa shape index (κ3) is 7.71. The van der Waals surface area contributed by atoms with Crippen LogP contribution in [-0.4, -0.2) is 86.1 Å². The molecule has 0 spiro atoms. The van der Waals surface area contributed by atoms with Crippen molar-refractivity contribution in [3.63, 3.8) is 0 Å². The number of aliphatic hydroxyl groups is 1. The minimum atomic E-state index is -1.19. The number of aliphatic hydroxyl groups excluding tert-OH is 1. The monoisotopic (exact) mass is 597 g/mol. The smallest absolute Gasteiger partial charge is 0.265 e. The van der Waals surface area contributed by atoms with Crippen molar-refractivity contribution in [3.8, 4) is 5.75 Å². The van der Waals surface area contributed by atoms with Gasteiger partial charge in [0.1, 0.15) is 16.7 Å². The summed E-state index contributed by atoms with van der Waals surface area (Å²) >= 11 is 1.38. The molecule has 2 aromatic heterocycles. The topological polar surface area (TPSA) is 152 Å². The molecule has 4 bridgehead atoms. The second-order valence-corrected chi connectivity index (χ2v) is 11.8. The van der Waals surface area contributed by atoms with E-state index in [2.05, 4.69) is 25.9 Å². The number of ether oxygens (including phenoxy) is 1. The molecule has 3 aromatic rings. The molecule has 13 heteroatoms. The lowest BCUT2D eigenvalue weighted by Crippen LogP contribution is -2.53. The van der Waals surface area contributed by atoms with Crippen molar-refractivity contribution >= 4 is 29.1 Å². The van der Waals surface area contributed by atoms with Gasteiger partial charge in [-0.15, -0.1) is 16.4 Å². The normalized spacial score (nSPS) is 18.2. The summed E-state index contributed by atoms with van der Waals surface area (Å²) in [5.41, 5.74) is 2.60. The van der Waals surface area contributed by atoms with Gasteiger partial charge in [-0.05, 0) is 38.5 Å². The van der Waals surface area contributed by atoms with Gasteiger partial charge in [-0.25, -0.2) is 4.98 Å². The number of hydrogen-bond donors (Lipinski definition) is 3. The molecule has 0 radical (unpaired) electrons. The number of hydrogen-bond acceptors (Lipinski definition) is 9. The molecule has 0 fully saturated rings. The number of fused-ring (bicyclic) bond motifs is 4. The quantitative estimate of drug-likeness (QED) is 0.416. The first-order chi connectivity index (χ1) is 20.0. The van der Waals surface area contributed by atoms with E-state index in [0.717, 1.165) is 16.3 Å². The van der Waals surface area contributed by atoms with Gasteiger partial charge in [0.05, 0.1) is 29.1 Å². The second-order valence-electron chi connectivity index (χ2n) is 10.8. The highest BCUT2D eigenvalue weighted by Gasteiger charge is 2.27. The molecule has 1 aliphatic rings. The molecule has 12 nitrogen and oxygen atoms in total. The van der Waals surface area contributed by atoms with Crippen LogP contribution in [0, 0.1) is 13.8 Å². The zero-order chi connectivity index (χ0) is 30.4.